The van der Waals surface area contributed by atoms with Gasteiger partial charge in [0.25, 0.3) is 0 Å². The summed E-state index contributed by atoms with van der Waals surface area (Å²) < 4.78 is 5.36. The first-order valence-electron chi connectivity index (χ1n) is 9.84. The maximum absolute atomic E-state index is 13.1. The van der Waals surface area contributed by atoms with Crippen LogP contribution in [-0.4, -0.2) is 63.7 Å². The second-order valence-corrected chi connectivity index (χ2v) is 7.64. The molecule has 0 saturated carbocycles. The average Bonchev–Trinajstić information content (AvgIpc) is 3.25. The van der Waals surface area contributed by atoms with Crippen molar-refractivity contribution in [2.24, 2.45) is 0 Å². The van der Waals surface area contributed by atoms with E-state index < -0.39 is 6.04 Å². The number of rotatable bonds is 4. The third kappa shape index (κ3) is 3.49. The molecule has 1 unspecified atom stereocenters. The molecule has 2 saturated heterocycles. The molecule has 2 amide bonds. The summed E-state index contributed by atoms with van der Waals surface area (Å²) in [5.74, 6) is 0.692. The van der Waals surface area contributed by atoms with Gasteiger partial charge in [0.1, 0.15) is 18.3 Å². The van der Waals surface area contributed by atoms with Crippen LogP contribution in [0.15, 0.2) is 59.3 Å². The van der Waals surface area contributed by atoms with Crippen LogP contribution in [0, 0.1) is 0 Å². The summed E-state index contributed by atoms with van der Waals surface area (Å²) in [6.07, 6.45) is 3.38. The molecule has 1 atom stereocenters. The molecule has 0 aliphatic carbocycles. The number of pyridine rings is 1. The predicted molar refractivity (Wildman–Crippen MR) is 107 cm³/mol. The Kier molecular flexibility index (Phi) is 4.52. The molecular weight excluding hydrogens is 368 g/mol. The van der Waals surface area contributed by atoms with Crippen molar-refractivity contribution < 1.29 is 14.0 Å². The summed E-state index contributed by atoms with van der Waals surface area (Å²) >= 11 is 0. The molecule has 0 spiro atoms. The van der Waals surface area contributed by atoms with Crippen LogP contribution >= 0.6 is 0 Å². The number of fused-ring (bicyclic) bond motifs is 2. The van der Waals surface area contributed by atoms with E-state index in [9.17, 15) is 9.59 Å². The molecule has 3 aromatic rings. The summed E-state index contributed by atoms with van der Waals surface area (Å²) in [5, 5.41) is 1.11. The van der Waals surface area contributed by atoms with Crippen LogP contribution in [0.2, 0.25) is 0 Å². The van der Waals surface area contributed by atoms with Gasteiger partial charge >= 0.3 is 0 Å². The molecule has 2 fully saturated rings. The van der Waals surface area contributed by atoms with Crippen molar-refractivity contribution in [2.75, 3.05) is 26.2 Å². The van der Waals surface area contributed by atoms with Gasteiger partial charge in [-0.1, -0.05) is 18.2 Å². The number of piperazine rings is 2. The highest BCUT2D eigenvalue weighted by Gasteiger charge is 2.42. The van der Waals surface area contributed by atoms with E-state index in [-0.39, 0.29) is 18.4 Å². The first-order chi connectivity index (χ1) is 14.2. The van der Waals surface area contributed by atoms with Gasteiger partial charge in [-0.15, -0.1) is 0 Å². The van der Waals surface area contributed by atoms with Gasteiger partial charge in [0.15, 0.2) is 0 Å². The number of aromatic nitrogens is 1. The van der Waals surface area contributed by atoms with Gasteiger partial charge in [-0.3, -0.25) is 19.5 Å². The molecular formula is C22H22N4O3. The minimum Gasteiger partial charge on any atom is -0.467 e. The zero-order valence-corrected chi connectivity index (χ0v) is 16.0. The van der Waals surface area contributed by atoms with Crippen molar-refractivity contribution in [3.8, 4) is 0 Å². The van der Waals surface area contributed by atoms with Crippen LogP contribution in [0.1, 0.15) is 11.3 Å². The highest BCUT2D eigenvalue weighted by Crippen LogP contribution is 2.22. The predicted octanol–water partition coefficient (Wildman–Crippen LogP) is 1.88. The van der Waals surface area contributed by atoms with E-state index >= 15 is 0 Å². The average molecular weight is 390 g/mol. The van der Waals surface area contributed by atoms with E-state index in [4.69, 9.17) is 4.42 Å². The van der Waals surface area contributed by atoms with Crippen LogP contribution in [-0.2, 0) is 22.7 Å². The number of amides is 2. The quantitative estimate of drug-likeness (QED) is 0.680. The van der Waals surface area contributed by atoms with Gasteiger partial charge in [-0.2, -0.15) is 0 Å². The molecule has 4 heterocycles. The summed E-state index contributed by atoms with van der Waals surface area (Å²) in [6.45, 7) is 3.06. The second kappa shape index (κ2) is 7.33. The normalized spacial score (nSPS) is 20.3. The monoisotopic (exact) mass is 390 g/mol. The van der Waals surface area contributed by atoms with E-state index in [1.165, 1.54) is 0 Å². The molecule has 2 aromatic heterocycles. The molecule has 0 radical (unpaired) electrons. The minimum atomic E-state index is -0.432. The highest BCUT2D eigenvalue weighted by atomic mass is 16.3. The zero-order valence-electron chi connectivity index (χ0n) is 16.0. The maximum Gasteiger partial charge on any atom is 0.247 e. The minimum absolute atomic E-state index is 0.00845. The third-order valence-electron chi connectivity index (χ3n) is 5.71. The van der Waals surface area contributed by atoms with Crippen molar-refractivity contribution in [3.05, 3.63) is 66.2 Å². The molecule has 2 aliphatic heterocycles. The zero-order chi connectivity index (χ0) is 19.8. The van der Waals surface area contributed by atoms with E-state index in [1.54, 1.807) is 28.3 Å². The van der Waals surface area contributed by atoms with E-state index in [2.05, 4.69) is 28.1 Å². The van der Waals surface area contributed by atoms with Crippen molar-refractivity contribution in [1.82, 2.24) is 19.7 Å². The summed E-state index contributed by atoms with van der Waals surface area (Å²) in [7, 11) is 0. The van der Waals surface area contributed by atoms with Gasteiger partial charge in [0.2, 0.25) is 11.8 Å². The molecule has 2 aliphatic rings. The summed E-state index contributed by atoms with van der Waals surface area (Å²) in [4.78, 5) is 35.7. The Labute approximate surface area is 168 Å². The summed E-state index contributed by atoms with van der Waals surface area (Å²) in [6, 6.07) is 13.4. The topological polar surface area (TPSA) is 69.9 Å². The van der Waals surface area contributed by atoms with Gasteiger partial charge in [0, 0.05) is 37.8 Å². The molecule has 148 valence electrons. The number of benzene rings is 1. The van der Waals surface area contributed by atoms with Gasteiger partial charge in [-0.25, -0.2) is 0 Å². The Bertz CT molecular complexity index is 1050. The molecule has 0 N–H and O–H groups in total. The fourth-order valence-corrected chi connectivity index (χ4v) is 4.23. The first kappa shape index (κ1) is 17.9. The van der Waals surface area contributed by atoms with Crippen LogP contribution in [0.25, 0.3) is 10.9 Å². The Hall–Kier alpha value is -3.19. The van der Waals surface area contributed by atoms with Gasteiger partial charge < -0.3 is 14.2 Å². The molecule has 7 heteroatoms. The van der Waals surface area contributed by atoms with Crippen LogP contribution in [0.3, 0.4) is 0 Å². The van der Waals surface area contributed by atoms with Gasteiger partial charge in [-0.05, 0) is 29.8 Å². The highest BCUT2D eigenvalue weighted by molar-refractivity contribution is 5.95. The lowest BCUT2D eigenvalue weighted by Crippen LogP contribution is -2.66. The molecule has 5 rings (SSSR count). The standard InChI is InChI=1S/C22H22N4O3/c27-21-15-25(13-18-4-2-10-29-18)22(28)20-14-24(8-9-26(20)21)12-16-5-6-17-3-1-7-23-19(17)11-16/h1-7,10-11,20H,8-9,12-15H2. The van der Waals surface area contributed by atoms with Crippen molar-refractivity contribution in [2.45, 2.75) is 19.1 Å². The van der Waals surface area contributed by atoms with Crippen molar-refractivity contribution >= 4 is 22.7 Å². The number of furan rings is 1. The number of nitrogens with zero attached hydrogens (tertiary/aromatic N) is 4. The van der Waals surface area contributed by atoms with E-state index in [0.29, 0.717) is 25.4 Å². The number of hydrogen-bond donors (Lipinski definition) is 0. The van der Waals surface area contributed by atoms with Crippen LogP contribution in [0.4, 0.5) is 0 Å². The molecule has 1 aromatic carbocycles. The Balaban J connectivity index is 1.30. The van der Waals surface area contributed by atoms with Crippen molar-refractivity contribution in [1.29, 1.82) is 0 Å². The smallest absolute Gasteiger partial charge is 0.247 e. The van der Waals surface area contributed by atoms with Crippen molar-refractivity contribution in [3.63, 3.8) is 0 Å². The Morgan fingerprint density at radius 2 is 2.00 bits per heavy atom. The number of hydrogen-bond acceptors (Lipinski definition) is 5. The number of carbonyl (C=O) groups is 2. The van der Waals surface area contributed by atoms with Crippen LogP contribution < -0.4 is 0 Å². The lowest BCUT2D eigenvalue weighted by Gasteiger charge is -2.46. The van der Waals surface area contributed by atoms with E-state index in [1.807, 2.05) is 18.2 Å². The molecule has 29 heavy (non-hydrogen) atoms. The SMILES string of the molecule is O=C1C2CN(Cc3ccc4cccnc4c3)CCN2C(=O)CN1Cc1ccco1. The largest absolute Gasteiger partial charge is 0.467 e. The maximum atomic E-state index is 13.1. The first-order valence-corrected chi connectivity index (χ1v) is 9.84. The lowest BCUT2D eigenvalue weighted by atomic mass is 10.0. The molecule has 7 nitrogen and oxygen atoms in total. The van der Waals surface area contributed by atoms with Crippen LogP contribution in [0.5, 0.6) is 0 Å². The summed E-state index contributed by atoms with van der Waals surface area (Å²) in [5.41, 5.74) is 2.13. The van der Waals surface area contributed by atoms with Gasteiger partial charge in [0.05, 0.1) is 18.3 Å². The fraction of sp³-hybridized carbons (Fsp3) is 0.318. The lowest BCUT2D eigenvalue weighted by molar-refractivity contribution is -0.160. The second-order valence-electron chi connectivity index (χ2n) is 7.64. The Morgan fingerprint density at radius 1 is 1.07 bits per heavy atom. The number of carbonyl (C=O) groups excluding carboxylic acids is 2. The van der Waals surface area contributed by atoms with E-state index in [0.717, 1.165) is 29.6 Å². The Morgan fingerprint density at radius 3 is 2.86 bits per heavy atom. The molecule has 0 bridgehead atoms. The fourth-order valence-electron chi connectivity index (χ4n) is 4.23. The third-order valence-corrected chi connectivity index (χ3v) is 5.71.